The van der Waals surface area contributed by atoms with Crippen LogP contribution in [0.5, 0.6) is 0 Å². The molecule has 1 aromatic carbocycles. The van der Waals surface area contributed by atoms with E-state index in [0.717, 1.165) is 13.0 Å². The summed E-state index contributed by atoms with van der Waals surface area (Å²) in [5.74, 6) is 0. The summed E-state index contributed by atoms with van der Waals surface area (Å²) in [6.45, 7) is 1.11. The van der Waals surface area contributed by atoms with E-state index in [2.05, 4.69) is 43.7 Å². The number of hydrogen-bond acceptors (Lipinski definition) is 2. The van der Waals surface area contributed by atoms with Gasteiger partial charge in [-0.05, 0) is 37.8 Å². The van der Waals surface area contributed by atoms with E-state index >= 15 is 0 Å². The molecule has 1 aromatic heterocycles. The largest absolute Gasteiger partial charge is 0.319 e. The van der Waals surface area contributed by atoms with Crippen LogP contribution in [0.3, 0.4) is 0 Å². The molecule has 0 atom stereocenters. The van der Waals surface area contributed by atoms with Crippen LogP contribution < -0.4 is 5.32 Å². The highest BCUT2D eigenvalue weighted by molar-refractivity contribution is 5.81. The molecule has 1 fully saturated rings. The lowest BCUT2D eigenvalue weighted by Gasteiger charge is -2.37. The van der Waals surface area contributed by atoms with Gasteiger partial charge >= 0.3 is 0 Å². The van der Waals surface area contributed by atoms with E-state index in [1.165, 1.54) is 48.7 Å². The second-order valence-corrected chi connectivity index (χ2v) is 6.36. The van der Waals surface area contributed by atoms with Crippen LogP contribution in [0.15, 0.2) is 24.3 Å². The maximum atomic E-state index is 4.80. The van der Waals surface area contributed by atoms with Crippen molar-refractivity contribution in [2.75, 3.05) is 13.6 Å². The van der Waals surface area contributed by atoms with Crippen molar-refractivity contribution in [3.05, 3.63) is 30.0 Å². The maximum Gasteiger partial charge on any atom is 0.0709 e. The van der Waals surface area contributed by atoms with Crippen LogP contribution >= 0.6 is 0 Å². The molecule has 3 heteroatoms. The van der Waals surface area contributed by atoms with Gasteiger partial charge in [-0.1, -0.05) is 37.5 Å². The average molecular weight is 271 g/mol. The molecule has 0 bridgehead atoms. The van der Waals surface area contributed by atoms with Gasteiger partial charge < -0.3 is 5.32 Å². The Kier molecular flexibility index (Phi) is 3.79. The zero-order valence-corrected chi connectivity index (χ0v) is 12.7. The maximum absolute atomic E-state index is 4.80. The minimum atomic E-state index is 0.407. The molecule has 0 spiro atoms. The Bertz CT molecular complexity index is 573. The van der Waals surface area contributed by atoms with Crippen molar-refractivity contribution < 1.29 is 0 Å². The first-order valence-electron chi connectivity index (χ1n) is 7.79. The Morgan fingerprint density at radius 3 is 2.70 bits per heavy atom. The minimum absolute atomic E-state index is 0.407. The summed E-state index contributed by atoms with van der Waals surface area (Å²) < 4.78 is 2.03. The third kappa shape index (κ3) is 2.47. The molecule has 1 N–H and O–H groups in total. The third-order valence-electron chi connectivity index (χ3n) is 4.84. The van der Waals surface area contributed by atoms with Gasteiger partial charge in [0.15, 0.2) is 0 Å². The predicted octanol–water partition coefficient (Wildman–Crippen LogP) is 3.29. The quantitative estimate of drug-likeness (QED) is 0.925. The van der Waals surface area contributed by atoms with Gasteiger partial charge in [-0.25, -0.2) is 0 Å². The molecule has 1 aliphatic carbocycles. The Morgan fingerprint density at radius 2 is 1.95 bits per heavy atom. The fourth-order valence-corrected chi connectivity index (χ4v) is 3.87. The number of aryl methyl sites for hydroxylation is 1. The highest BCUT2D eigenvalue weighted by atomic mass is 15.3. The number of aromatic nitrogens is 2. The van der Waals surface area contributed by atoms with Crippen LogP contribution in [0.25, 0.3) is 10.9 Å². The summed E-state index contributed by atoms with van der Waals surface area (Å²) in [6.07, 6.45) is 7.90. The van der Waals surface area contributed by atoms with Crippen LogP contribution in [0.1, 0.15) is 37.8 Å². The molecule has 108 valence electrons. The van der Waals surface area contributed by atoms with E-state index in [1.807, 2.05) is 4.68 Å². The van der Waals surface area contributed by atoms with Gasteiger partial charge in [-0.2, -0.15) is 5.10 Å². The van der Waals surface area contributed by atoms with Crippen molar-refractivity contribution in [2.45, 2.75) is 38.5 Å². The number of hydrogen-bond donors (Lipinski definition) is 1. The first kappa shape index (κ1) is 13.6. The highest BCUT2D eigenvalue weighted by Crippen LogP contribution is 2.39. The van der Waals surface area contributed by atoms with E-state index in [4.69, 9.17) is 5.10 Å². The first-order chi connectivity index (χ1) is 9.74. The first-order valence-corrected chi connectivity index (χ1v) is 7.79. The standard InChI is InChI=1S/C17H25N3/c1-18-13-17(10-6-3-7-11-17)12-15-14-8-4-5-9-16(14)20(2)19-15/h4-5,8-9,18H,3,6-7,10-13H2,1-2H3. The SMILES string of the molecule is CNCC1(Cc2nn(C)c3ccccc23)CCCCC1. The number of nitrogens with zero attached hydrogens (tertiary/aromatic N) is 2. The van der Waals surface area contributed by atoms with Crippen LogP contribution in [0.2, 0.25) is 0 Å². The van der Waals surface area contributed by atoms with Gasteiger partial charge in [0, 0.05) is 19.0 Å². The summed E-state index contributed by atoms with van der Waals surface area (Å²) in [5, 5.41) is 9.55. The van der Waals surface area contributed by atoms with Crippen molar-refractivity contribution in [1.29, 1.82) is 0 Å². The van der Waals surface area contributed by atoms with E-state index < -0.39 is 0 Å². The molecule has 1 aliphatic rings. The van der Waals surface area contributed by atoms with Crippen LogP contribution in [0.4, 0.5) is 0 Å². The molecule has 3 nitrogen and oxygen atoms in total. The summed E-state index contributed by atoms with van der Waals surface area (Å²) >= 11 is 0. The summed E-state index contributed by atoms with van der Waals surface area (Å²) in [5.41, 5.74) is 2.93. The minimum Gasteiger partial charge on any atom is -0.319 e. The van der Waals surface area contributed by atoms with E-state index in [9.17, 15) is 0 Å². The molecule has 20 heavy (non-hydrogen) atoms. The number of para-hydroxylation sites is 1. The highest BCUT2D eigenvalue weighted by Gasteiger charge is 2.33. The topological polar surface area (TPSA) is 29.9 Å². The zero-order chi connectivity index (χ0) is 14.0. The Balaban J connectivity index is 1.94. The lowest BCUT2D eigenvalue weighted by atomic mass is 9.71. The molecular formula is C17H25N3. The molecule has 0 aliphatic heterocycles. The second-order valence-electron chi connectivity index (χ2n) is 6.36. The fourth-order valence-electron chi connectivity index (χ4n) is 3.87. The molecule has 0 radical (unpaired) electrons. The molecular weight excluding hydrogens is 246 g/mol. The second kappa shape index (κ2) is 5.57. The van der Waals surface area contributed by atoms with E-state index in [1.54, 1.807) is 0 Å². The fraction of sp³-hybridized carbons (Fsp3) is 0.588. The molecule has 3 rings (SSSR count). The normalized spacial score (nSPS) is 18.5. The van der Waals surface area contributed by atoms with Crippen molar-refractivity contribution in [2.24, 2.45) is 12.5 Å². The molecule has 1 heterocycles. The van der Waals surface area contributed by atoms with Gasteiger partial charge in [-0.15, -0.1) is 0 Å². The van der Waals surface area contributed by atoms with Gasteiger partial charge in [0.25, 0.3) is 0 Å². The van der Waals surface area contributed by atoms with Gasteiger partial charge in [-0.3, -0.25) is 4.68 Å². The summed E-state index contributed by atoms with van der Waals surface area (Å²) in [7, 11) is 4.13. The molecule has 0 amide bonds. The van der Waals surface area contributed by atoms with Gasteiger partial charge in [0.05, 0.1) is 11.2 Å². The van der Waals surface area contributed by atoms with Gasteiger partial charge in [0.1, 0.15) is 0 Å². The number of fused-ring (bicyclic) bond motifs is 1. The Labute approximate surface area is 121 Å². The third-order valence-corrected chi connectivity index (χ3v) is 4.84. The van der Waals surface area contributed by atoms with E-state index in [0.29, 0.717) is 5.41 Å². The smallest absolute Gasteiger partial charge is 0.0709 e. The van der Waals surface area contributed by atoms with Crippen LogP contribution in [0, 0.1) is 5.41 Å². The zero-order valence-electron chi connectivity index (χ0n) is 12.7. The van der Waals surface area contributed by atoms with E-state index in [-0.39, 0.29) is 0 Å². The van der Waals surface area contributed by atoms with Crippen molar-refractivity contribution in [3.8, 4) is 0 Å². The summed E-state index contributed by atoms with van der Waals surface area (Å²) in [6, 6.07) is 8.60. The molecule has 0 unspecified atom stereocenters. The van der Waals surface area contributed by atoms with Gasteiger partial charge in [0.2, 0.25) is 0 Å². The molecule has 2 aromatic rings. The Hall–Kier alpha value is -1.35. The predicted molar refractivity (Wildman–Crippen MR) is 83.9 cm³/mol. The number of rotatable bonds is 4. The van der Waals surface area contributed by atoms with Crippen LogP contribution in [-0.4, -0.2) is 23.4 Å². The number of benzene rings is 1. The summed E-state index contributed by atoms with van der Waals surface area (Å²) in [4.78, 5) is 0. The van der Waals surface area contributed by atoms with Crippen molar-refractivity contribution >= 4 is 10.9 Å². The van der Waals surface area contributed by atoms with Crippen molar-refractivity contribution in [3.63, 3.8) is 0 Å². The Morgan fingerprint density at radius 1 is 1.20 bits per heavy atom. The lowest BCUT2D eigenvalue weighted by Crippen LogP contribution is -2.36. The number of nitrogens with one attached hydrogen (secondary N) is 1. The van der Waals surface area contributed by atoms with Crippen LogP contribution in [-0.2, 0) is 13.5 Å². The lowest BCUT2D eigenvalue weighted by molar-refractivity contribution is 0.183. The molecule has 0 saturated heterocycles. The van der Waals surface area contributed by atoms with Crippen molar-refractivity contribution in [1.82, 2.24) is 15.1 Å². The average Bonchev–Trinajstić information content (AvgIpc) is 2.77. The monoisotopic (exact) mass is 271 g/mol. The molecule has 1 saturated carbocycles.